The third-order valence-corrected chi connectivity index (χ3v) is 2.97. The zero-order chi connectivity index (χ0) is 15.5. The lowest BCUT2D eigenvalue weighted by Gasteiger charge is -2.15. The van der Waals surface area contributed by atoms with Gasteiger partial charge in [0.1, 0.15) is 0 Å². The van der Waals surface area contributed by atoms with Gasteiger partial charge in [-0.05, 0) is 26.0 Å². The van der Waals surface area contributed by atoms with Crippen LogP contribution in [0, 0.1) is 0 Å². The first kappa shape index (κ1) is 17.3. The molecule has 0 amide bonds. The molecule has 21 heavy (non-hydrogen) atoms. The minimum Gasteiger partial charge on any atom is -0.490 e. The van der Waals surface area contributed by atoms with Gasteiger partial charge in [-0.25, -0.2) is 4.79 Å². The highest BCUT2D eigenvalue weighted by atomic mass is 16.5. The predicted octanol–water partition coefficient (Wildman–Crippen LogP) is 2.83. The van der Waals surface area contributed by atoms with Gasteiger partial charge < -0.3 is 19.9 Å². The van der Waals surface area contributed by atoms with Crippen LogP contribution in [-0.2, 0) is 11.3 Å². The van der Waals surface area contributed by atoms with Crippen molar-refractivity contribution in [2.75, 3.05) is 19.8 Å². The Hall–Kier alpha value is -1.75. The Bertz CT molecular complexity index is 434. The third kappa shape index (κ3) is 6.49. The van der Waals surface area contributed by atoms with E-state index < -0.39 is 5.97 Å². The zero-order valence-corrected chi connectivity index (χ0v) is 12.9. The zero-order valence-electron chi connectivity index (χ0n) is 12.9. The topological polar surface area (TPSA) is 67.8 Å². The summed E-state index contributed by atoms with van der Waals surface area (Å²) in [4.78, 5) is 10.7. The number of para-hydroxylation sites is 1. The van der Waals surface area contributed by atoms with E-state index in [1.54, 1.807) is 6.07 Å². The van der Waals surface area contributed by atoms with Crippen molar-refractivity contribution in [3.05, 3.63) is 23.8 Å². The number of carbonyl (C=O) groups is 1. The molecule has 0 aromatic heterocycles. The standard InChI is InChI=1S/C16H25NO4/c1-3-5-6-10-17-11-13-8-7-9-14(20-4-2)16(13)21-12-15(18)19/h7-9,17H,3-6,10-12H2,1-2H3,(H,18,19). The molecule has 0 unspecified atom stereocenters. The van der Waals surface area contributed by atoms with Gasteiger partial charge in [-0.3, -0.25) is 0 Å². The Balaban J connectivity index is 2.70. The fourth-order valence-electron chi connectivity index (χ4n) is 1.99. The molecule has 0 saturated heterocycles. The molecule has 0 aliphatic rings. The fraction of sp³-hybridized carbons (Fsp3) is 0.562. The SMILES string of the molecule is CCCCCNCc1cccc(OCC)c1OCC(=O)O. The van der Waals surface area contributed by atoms with E-state index in [1.165, 1.54) is 12.8 Å². The Morgan fingerprint density at radius 1 is 1.24 bits per heavy atom. The average molecular weight is 295 g/mol. The van der Waals surface area contributed by atoms with Crippen LogP contribution in [0.5, 0.6) is 11.5 Å². The number of nitrogens with one attached hydrogen (secondary N) is 1. The number of ether oxygens (including phenoxy) is 2. The van der Waals surface area contributed by atoms with Crippen molar-refractivity contribution in [1.29, 1.82) is 0 Å². The molecule has 0 atom stereocenters. The number of rotatable bonds is 11. The van der Waals surface area contributed by atoms with E-state index in [0.717, 1.165) is 18.5 Å². The molecule has 1 aromatic rings. The molecule has 0 radical (unpaired) electrons. The maximum Gasteiger partial charge on any atom is 0.341 e. The van der Waals surface area contributed by atoms with Crippen LogP contribution in [0.3, 0.4) is 0 Å². The second kappa shape index (κ2) is 10.0. The van der Waals surface area contributed by atoms with E-state index >= 15 is 0 Å². The first-order chi connectivity index (χ1) is 10.2. The molecule has 0 aliphatic heterocycles. The first-order valence-corrected chi connectivity index (χ1v) is 7.49. The van der Waals surface area contributed by atoms with Gasteiger partial charge in [0.05, 0.1) is 6.61 Å². The summed E-state index contributed by atoms with van der Waals surface area (Å²) in [5.41, 5.74) is 0.915. The summed E-state index contributed by atoms with van der Waals surface area (Å²) < 4.78 is 10.9. The fourth-order valence-corrected chi connectivity index (χ4v) is 1.99. The molecule has 0 fully saturated rings. The smallest absolute Gasteiger partial charge is 0.341 e. The summed E-state index contributed by atoms with van der Waals surface area (Å²) in [6.07, 6.45) is 3.52. The maximum absolute atomic E-state index is 10.7. The molecule has 0 bridgehead atoms. The highest BCUT2D eigenvalue weighted by Gasteiger charge is 2.12. The van der Waals surface area contributed by atoms with Crippen LogP contribution < -0.4 is 14.8 Å². The van der Waals surface area contributed by atoms with Crippen molar-refractivity contribution in [3.63, 3.8) is 0 Å². The summed E-state index contributed by atoms with van der Waals surface area (Å²) >= 11 is 0. The number of hydrogen-bond acceptors (Lipinski definition) is 4. The Morgan fingerprint density at radius 2 is 2.05 bits per heavy atom. The van der Waals surface area contributed by atoms with Crippen LogP contribution in [0.15, 0.2) is 18.2 Å². The second-order valence-corrected chi connectivity index (χ2v) is 4.74. The summed E-state index contributed by atoms with van der Waals surface area (Å²) in [6, 6.07) is 5.61. The molecule has 0 heterocycles. The summed E-state index contributed by atoms with van der Waals surface area (Å²) in [5.74, 6) is 0.111. The first-order valence-electron chi connectivity index (χ1n) is 7.49. The lowest BCUT2D eigenvalue weighted by molar-refractivity contribution is -0.139. The van der Waals surface area contributed by atoms with E-state index in [2.05, 4.69) is 12.2 Å². The highest BCUT2D eigenvalue weighted by molar-refractivity contribution is 5.68. The summed E-state index contributed by atoms with van der Waals surface area (Å²) in [5, 5.41) is 12.1. The predicted molar refractivity (Wildman–Crippen MR) is 82.0 cm³/mol. The molecular weight excluding hydrogens is 270 g/mol. The van der Waals surface area contributed by atoms with Crippen molar-refractivity contribution >= 4 is 5.97 Å². The van der Waals surface area contributed by atoms with Crippen molar-refractivity contribution < 1.29 is 19.4 Å². The molecule has 0 saturated carbocycles. The average Bonchev–Trinajstić information content (AvgIpc) is 2.46. The van der Waals surface area contributed by atoms with E-state index in [1.807, 2.05) is 19.1 Å². The third-order valence-electron chi connectivity index (χ3n) is 2.97. The largest absolute Gasteiger partial charge is 0.490 e. The molecule has 5 heteroatoms. The van der Waals surface area contributed by atoms with Gasteiger partial charge in [0.2, 0.25) is 0 Å². The molecule has 0 spiro atoms. The van der Waals surface area contributed by atoms with Gasteiger partial charge in [-0.2, -0.15) is 0 Å². The number of aliphatic carboxylic acids is 1. The van der Waals surface area contributed by atoms with Crippen LogP contribution >= 0.6 is 0 Å². The molecule has 0 aliphatic carbocycles. The van der Waals surface area contributed by atoms with Crippen LogP contribution in [0.4, 0.5) is 0 Å². The van der Waals surface area contributed by atoms with Crippen molar-refractivity contribution in [1.82, 2.24) is 5.32 Å². The molecule has 2 N–H and O–H groups in total. The van der Waals surface area contributed by atoms with Gasteiger partial charge in [-0.15, -0.1) is 0 Å². The van der Waals surface area contributed by atoms with Crippen LogP contribution in [0.1, 0.15) is 38.7 Å². The molecule has 118 valence electrons. The van der Waals surface area contributed by atoms with Crippen LogP contribution in [0.25, 0.3) is 0 Å². The molecular formula is C16H25NO4. The normalized spacial score (nSPS) is 10.4. The Labute approximate surface area is 126 Å². The molecule has 5 nitrogen and oxygen atoms in total. The lowest BCUT2D eigenvalue weighted by Crippen LogP contribution is -2.17. The van der Waals surface area contributed by atoms with Crippen LogP contribution in [-0.4, -0.2) is 30.8 Å². The molecule has 1 aromatic carbocycles. The number of unbranched alkanes of at least 4 members (excludes halogenated alkanes) is 2. The Kier molecular flexibility index (Phi) is 8.28. The summed E-state index contributed by atoms with van der Waals surface area (Å²) in [7, 11) is 0. The second-order valence-electron chi connectivity index (χ2n) is 4.74. The number of hydrogen-bond donors (Lipinski definition) is 2. The Morgan fingerprint density at radius 3 is 2.71 bits per heavy atom. The van der Waals surface area contributed by atoms with E-state index in [4.69, 9.17) is 14.6 Å². The maximum atomic E-state index is 10.7. The van der Waals surface area contributed by atoms with Gasteiger partial charge in [0, 0.05) is 12.1 Å². The minimum atomic E-state index is -0.997. The highest BCUT2D eigenvalue weighted by Crippen LogP contribution is 2.31. The van der Waals surface area contributed by atoms with Gasteiger partial charge >= 0.3 is 5.97 Å². The quantitative estimate of drug-likeness (QED) is 0.614. The molecule has 1 rings (SSSR count). The number of carboxylic acids is 1. The minimum absolute atomic E-state index is 0.368. The van der Waals surface area contributed by atoms with Crippen molar-refractivity contribution in [2.24, 2.45) is 0 Å². The number of carboxylic acid groups (broad SMARTS) is 1. The van der Waals surface area contributed by atoms with Gasteiger partial charge in [0.15, 0.2) is 18.1 Å². The van der Waals surface area contributed by atoms with Gasteiger partial charge in [-0.1, -0.05) is 31.9 Å². The van der Waals surface area contributed by atoms with Gasteiger partial charge in [0.25, 0.3) is 0 Å². The van der Waals surface area contributed by atoms with Crippen molar-refractivity contribution in [3.8, 4) is 11.5 Å². The van der Waals surface area contributed by atoms with E-state index in [-0.39, 0.29) is 6.61 Å². The lowest BCUT2D eigenvalue weighted by atomic mass is 10.1. The van der Waals surface area contributed by atoms with Crippen LogP contribution in [0.2, 0.25) is 0 Å². The van der Waals surface area contributed by atoms with E-state index in [0.29, 0.717) is 24.7 Å². The monoisotopic (exact) mass is 295 g/mol. The van der Waals surface area contributed by atoms with Crippen molar-refractivity contribution in [2.45, 2.75) is 39.7 Å². The number of benzene rings is 1. The summed E-state index contributed by atoms with van der Waals surface area (Å²) in [6.45, 7) is 5.77. The van der Waals surface area contributed by atoms with E-state index in [9.17, 15) is 4.79 Å².